The Labute approximate surface area is 90.4 Å². The highest BCUT2D eigenvalue weighted by Gasteiger charge is 1.94. The third kappa shape index (κ3) is 3.55. The van der Waals surface area contributed by atoms with Crippen molar-refractivity contribution in [1.29, 1.82) is 0 Å². The predicted molar refractivity (Wildman–Crippen MR) is 64.0 cm³/mol. The molecule has 78 valence electrons. The van der Waals surface area contributed by atoms with E-state index < -0.39 is 0 Å². The normalized spacial score (nSPS) is 12.7. The summed E-state index contributed by atoms with van der Waals surface area (Å²) in [7, 11) is 0. The van der Waals surface area contributed by atoms with Crippen LogP contribution in [0.5, 0.6) is 0 Å². The standard InChI is InChI=1S/C14H15F/c1-4-11(2)5-6-12(3)13-7-9-14(15)10-8-13/h4-10H,1H2,2-3H3. The van der Waals surface area contributed by atoms with Gasteiger partial charge >= 0.3 is 0 Å². The number of allylic oxidation sites excluding steroid dienone is 5. The minimum absolute atomic E-state index is 0.204. The first-order chi connectivity index (χ1) is 7.13. The van der Waals surface area contributed by atoms with Gasteiger partial charge in [0.05, 0.1) is 0 Å². The van der Waals surface area contributed by atoms with Crippen LogP contribution in [0.15, 0.2) is 54.6 Å². The van der Waals surface area contributed by atoms with Crippen LogP contribution in [0.3, 0.4) is 0 Å². The van der Waals surface area contributed by atoms with Crippen LogP contribution in [0.4, 0.5) is 4.39 Å². The van der Waals surface area contributed by atoms with E-state index in [0.29, 0.717) is 0 Å². The molecule has 1 aromatic carbocycles. The van der Waals surface area contributed by atoms with Gasteiger partial charge < -0.3 is 0 Å². The van der Waals surface area contributed by atoms with Gasteiger partial charge in [0.2, 0.25) is 0 Å². The summed E-state index contributed by atoms with van der Waals surface area (Å²) in [5.74, 6) is -0.204. The molecule has 0 heterocycles. The lowest BCUT2D eigenvalue weighted by Crippen LogP contribution is -1.80. The molecule has 0 saturated carbocycles. The molecule has 0 saturated heterocycles. The number of halogens is 1. The Balaban J connectivity index is 2.89. The molecule has 0 aromatic heterocycles. The third-order valence-electron chi connectivity index (χ3n) is 2.22. The summed E-state index contributed by atoms with van der Waals surface area (Å²) in [6.07, 6.45) is 5.80. The van der Waals surface area contributed by atoms with Crippen LogP contribution in [0.25, 0.3) is 5.57 Å². The Morgan fingerprint density at radius 3 is 2.27 bits per heavy atom. The van der Waals surface area contributed by atoms with Crippen molar-refractivity contribution >= 4 is 5.57 Å². The molecule has 0 N–H and O–H groups in total. The van der Waals surface area contributed by atoms with E-state index in [1.807, 2.05) is 26.0 Å². The van der Waals surface area contributed by atoms with Crippen molar-refractivity contribution < 1.29 is 4.39 Å². The summed E-state index contributed by atoms with van der Waals surface area (Å²) >= 11 is 0. The predicted octanol–water partition coefficient (Wildman–Crippen LogP) is 4.36. The van der Waals surface area contributed by atoms with Crippen LogP contribution in [0, 0.1) is 5.82 Å². The van der Waals surface area contributed by atoms with Gasteiger partial charge in [-0.2, -0.15) is 0 Å². The van der Waals surface area contributed by atoms with Crippen molar-refractivity contribution in [2.45, 2.75) is 13.8 Å². The maximum absolute atomic E-state index is 12.7. The lowest BCUT2D eigenvalue weighted by molar-refractivity contribution is 0.627. The van der Waals surface area contributed by atoms with E-state index in [2.05, 4.69) is 6.58 Å². The molecule has 1 rings (SSSR count). The van der Waals surface area contributed by atoms with E-state index in [0.717, 1.165) is 16.7 Å². The molecule has 0 spiro atoms. The zero-order valence-corrected chi connectivity index (χ0v) is 9.13. The van der Waals surface area contributed by atoms with E-state index >= 15 is 0 Å². The Kier molecular flexibility index (Phi) is 4.04. The summed E-state index contributed by atoms with van der Waals surface area (Å²) in [6.45, 7) is 7.66. The molecule has 0 radical (unpaired) electrons. The zero-order chi connectivity index (χ0) is 11.3. The topological polar surface area (TPSA) is 0 Å². The first-order valence-corrected chi connectivity index (χ1v) is 4.87. The molecule has 0 aliphatic heterocycles. The number of hydrogen-bond donors (Lipinski definition) is 0. The highest BCUT2D eigenvalue weighted by Crippen LogP contribution is 2.14. The van der Waals surface area contributed by atoms with Crippen molar-refractivity contribution in [1.82, 2.24) is 0 Å². The summed E-state index contributed by atoms with van der Waals surface area (Å²) in [5, 5.41) is 0. The van der Waals surface area contributed by atoms with Crippen LogP contribution in [-0.4, -0.2) is 0 Å². The average Bonchev–Trinajstić information content (AvgIpc) is 2.26. The summed E-state index contributed by atoms with van der Waals surface area (Å²) < 4.78 is 12.7. The smallest absolute Gasteiger partial charge is 0.123 e. The fraction of sp³-hybridized carbons (Fsp3) is 0.143. The fourth-order valence-corrected chi connectivity index (χ4v) is 1.13. The van der Waals surface area contributed by atoms with Gasteiger partial charge in [0, 0.05) is 0 Å². The maximum atomic E-state index is 12.7. The molecule has 0 atom stereocenters. The lowest BCUT2D eigenvalue weighted by atomic mass is 10.1. The van der Waals surface area contributed by atoms with E-state index in [9.17, 15) is 4.39 Å². The summed E-state index contributed by atoms with van der Waals surface area (Å²) in [6, 6.07) is 6.49. The molecule has 0 aliphatic rings. The average molecular weight is 202 g/mol. The van der Waals surface area contributed by atoms with E-state index in [1.54, 1.807) is 18.2 Å². The first-order valence-electron chi connectivity index (χ1n) is 4.87. The highest BCUT2D eigenvalue weighted by molar-refractivity contribution is 5.65. The maximum Gasteiger partial charge on any atom is 0.123 e. The molecule has 0 unspecified atom stereocenters. The van der Waals surface area contributed by atoms with Crippen molar-refractivity contribution in [3.8, 4) is 0 Å². The first kappa shape index (κ1) is 11.4. The van der Waals surface area contributed by atoms with E-state index in [1.165, 1.54) is 12.1 Å². The van der Waals surface area contributed by atoms with Gasteiger partial charge in [0.1, 0.15) is 5.82 Å². The van der Waals surface area contributed by atoms with E-state index in [4.69, 9.17) is 0 Å². The minimum Gasteiger partial charge on any atom is -0.207 e. The van der Waals surface area contributed by atoms with Gasteiger partial charge in [0.25, 0.3) is 0 Å². The third-order valence-corrected chi connectivity index (χ3v) is 2.22. The van der Waals surface area contributed by atoms with Gasteiger partial charge in [-0.15, -0.1) is 0 Å². The number of rotatable bonds is 3. The second-order valence-electron chi connectivity index (χ2n) is 3.47. The molecule has 0 aliphatic carbocycles. The SMILES string of the molecule is C=CC(C)=CC=C(C)c1ccc(F)cc1. The molecular weight excluding hydrogens is 187 g/mol. The van der Waals surface area contributed by atoms with Crippen molar-refractivity contribution in [2.75, 3.05) is 0 Å². The Morgan fingerprint density at radius 2 is 1.73 bits per heavy atom. The van der Waals surface area contributed by atoms with Crippen molar-refractivity contribution in [3.63, 3.8) is 0 Å². The van der Waals surface area contributed by atoms with Crippen LogP contribution in [0.2, 0.25) is 0 Å². The monoisotopic (exact) mass is 202 g/mol. The Hall–Kier alpha value is -1.63. The van der Waals surface area contributed by atoms with Crippen molar-refractivity contribution in [2.24, 2.45) is 0 Å². The number of benzene rings is 1. The number of hydrogen-bond acceptors (Lipinski definition) is 0. The fourth-order valence-electron chi connectivity index (χ4n) is 1.13. The Morgan fingerprint density at radius 1 is 1.13 bits per heavy atom. The molecule has 0 nitrogen and oxygen atoms in total. The van der Waals surface area contributed by atoms with Crippen LogP contribution in [-0.2, 0) is 0 Å². The summed E-state index contributed by atoms with van der Waals surface area (Å²) in [4.78, 5) is 0. The van der Waals surface area contributed by atoms with Crippen molar-refractivity contribution in [3.05, 3.63) is 66.0 Å². The van der Waals surface area contributed by atoms with E-state index in [-0.39, 0.29) is 5.82 Å². The molecule has 0 fully saturated rings. The Bertz CT molecular complexity index is 394. The lowest BCUT2D eigenvalue weighted by Gasteiger charge is -1.99. The molecule has 0 amide bonds. The minimum atomic E-state index is -0.204. The molecule has 15 heavy (non-hydrogen) atoms. The van der Waals surface area contributed by atoms with Gasteiger partial charge in [0.15, 0.2) is 0 Å². The second-order valence-corrected chi connectivity index (χ2v) is 3.47. The van der Waals surface area contributed by atoms with Gasteiger partial charge in [-0.25, -0.2) is 4.39 Å². The zero-order valence-electron chi connectivity index (χ0n) is 9.13. The van der Waals surface area contributed by atoms with Gasteiger partial charge in [-0.1, -0.05) is 42.5 Å². The second kappa shape index (κ2) is 5.30. The van der Waals surface area contributed by atoms with Crippen LogP contribution >= 0.6 is 0 Å². The molecule has 1 heteroatoms. The van der Waals surface area contributed by atoms with Crippen LogP contribution in [0.1, 0.15) is 19.4 Å². The van der Waals surface area contributed by atoms with Gasteiger partial charge in [-0.3, -0.25) is 0 Å². The molecule has 1 aromatic rings. The molecular formula is C14H15F. The quantitative estimate of drug-likeness (QED) is 0.639. The largest absolute Gasteiger partial charge is 0.207 e. The summed E-state index contributed by atoms with van der Waals surface area (Å²) in [5.41, 5.74) is 3.25. The molecule has 0 bridgehead atoms. The highest BCUT2D eigenvalue weighted by atomic mass is 19.1. The van der Waals surface area contributed by atoms with Crippen LogP contribution < -0.4 is 0 Å². The van der Waals surface area contributed by atoms with Gasteiger partial charge in [-0.05, 0) is 37.1 Å².